The van der Waals surface area contributed by atoms with E-state index in [-0.39, 0.29) is 22.9 Å². The summed E-state index contributed by atoms with van der Waals surface area (Å²) in [5.74, 6) is 0.404. The van der Waals surface area contributed by atoms with Crippen molar-refractivity contribution in [2.45, 2.75) is 33.2 Å². The summed E-state index contributed by atoms with van der Waals surface area (Å²) in [6.45, 7) is 5.89. The van der Waals surface area contributed by atoms with Gasteiger partial charge in [-0.2, -0.15) is 0 Å². The van der Waals surface area contributed by atoms with Crippen molar-refractivity contribution in [1.29, 1.82) is 0 Å². The molecule has 0 saturated heterocycles. The van der Waals surface area contributed by atoms with Gasteiger partial charge in [-0.05, 0) is 19.3 Å². The van der Waals surface area contributed by atoms with Gasteiger partial charge in [0.05, 0.1) is 0 Å². The number of hydrogen-bond donors (Lipinski definition) is 2. The van der Waals surface area contributed by atoms with Crippen molar-refractivity contribution in [3.63, 3.8) is 0 Å². The van der Waals surface area contributed by atoms with Gasteiger partial charge in [0.15, 0.2) is 5.43 Å². The minimum atomic E-state index is -0.373. The highest BCUT2D eigenvalue weighted by atomic mass is 35.5. The fourth-order valence-corrected chi connectivity index (χ4v) is 1.95. The zero-order valence-electron chi connectivity index (χ0n) is 10.9. The largest absolute Gasteiger partial charge is 0.364 e. The lowest BCUT2D eigenvalue weighted by atomic mass is 10.0. The molecule has 0 radical (unpaired) electrons. The number of halogens is 1. The van der Waals surface area contributed by atoms with Gasteiger partial charge in [-0.1, -0.05) is 13.8 Å². The molecule has 0 spiro atoms. The molecule has 0 fully saturated rings. The molecule has 0 saturated carbocycles. The lowest BCUT2D eigenvalue weighted by Gasteiger charge is -2.17. The number of H-pyrrole nitrogens is 1. The van der Waals surface area contributed by atoms with Crippen LogP contribution < -0.4 is 10.7 Å². The number of aromatic amines is 1. The third-order valence-corrected chi connectivity index (χ3v) is 2.95. The average molecular weight is 271 g/mol. The molecule has 5 heteroatoms. The summed E-state index contributed by atoms with van der Waals surface area (Å²) < 4.78 is 0. The topological polar surface area (TPSA) is 62.0 Å². The molecule has 2 N–H and O–H groups in total. The first-order valence-electron chi connectivity index (χ1n) is 6.00. The van der Waals surface area contributed by atoms with E-state index in [2.05, 4.69) is 24.1 Å². The van der Waals surface area contributed by atoms with Gasteiger partial charge in [-0.3, -0.25) is 9.59 Å². The van der Waals surface area contributed by atoms with Crippen LogP contribution in [0.3, 0.4) is 0 Å². The fourth-order valence-electron chi connectivity index (χ4n) is 1.74. The third-order valence-electron chi connectivity index (χ3n) is 2.58. The molecule has 1 unspecified atom stereocenters. The van der Waals surface area contributed by atoms with Crippen LogP contribution in [0.1, 0.15) is 36.3 Å². The first-order chi connectivity index (χ1) is 8.43. The smallest absolute Gasteiger partial charge is 0.256 e. The second kappa shape index (κ2) is 6.59. The molecule has 1 atom stereocenters. The van der Waals surface area contributed by atoms with E-state index in [1.165, 1.54) is 12.3 Å². The van der Waals surface area contributed by atoms with Gasteiger partial charge in [0.1, 0.15) is 5.56 Å². The average Bonchev–Trinajstić information content (AvgIpc) is 2.27. The highest BCUT2D eigenvalue weighted by molar-refractivity contribution is 6.18. The van der Waals surface area contributed by atoms with Crippen molar-refractivity contribution in [2.75, 3.05) is 5.88 Å². The van der Waals surface area contributed by atoms with E-state index in [0.29, 0.717) is 11.8 Å². The first-order valence-corrected chi connectivity index (χ1v) is 6.53. The van der Waals surface area contributed by atoms with Crippen LogP contribution in [0.25, 0.3) is 0 Å². The molecule has 1 rings (SSSR count). The number of pyridine rings is 1. The van der Waals surface area contributed by atoms with E-state index in [9.17, 15) is 9.59 Å². The zero-order valence-corrected chi connectivity index (χ0v) is 11.7. The van der Waals surface area contributed by atoms with E-state index in [4.69, 9.17) is 11.6 Å². The predicted octanol–water partition coefficient (Wildman–Crippen LogP) is 2.07. The Kier molecular flexibility index (Phi) is 5.41. The van der Waals surface area contributed by atoms with E-state index >= 15 is 0 Å². The van der Waals surface area contributed by atoms with Gasteiger partial charge >= 0.3 is 0 Å². The Hall–Kier alpha value is -1.29. The maximum Gasteiger partial charge on any atom is 0.256 e. The standard InChI is InChI=1S/C13H19ClN2O2/c1-8(2)4-10(6-14)16-13(18)11-7-15-9(3)5-12(11)17/h5,7-8,10H,4,6H2,1-3H3,(H,15,17)(H,16,18). The molecular formula is C13H19ClN2O2. The van der Waals surface area contributed by atoms with Crippen molar-refractivity contribution < 1.29 is 4.79 Å². The van der Waals surface area contributed by atoms with Gasteiger partial charge in [0, 0.05) is 29.9 Å². The molecule has 1 aromatic rings. The monoisotopic (exact) mass is 270 g/mol. The minimum absolute atomic E-state index is 0.111. The number of rotatable bonds is 5. The number of aryl methyl sites for hydroxylation is 1. The van der Waals surface area contributed by atoms with Gasteiger partial charge in [0.2, 0.25) is 0 Å². The van der Waals surface area contributed by atoms with E-state index in [1.807, 2.05) is 0 Å². The van der Waals surface area contributed by atoms with Crippen LogP contribution in [0.2, 0.25) is 0 Å². The van der Waals surface area contributed by atoms with Gasteiger partial charge < -0.3 is 10.3 Å². The van der Waals surface area contributed by atoms with Crippen molar-refractivity contribution in [1.82, 2.24) is 10.3 Å². The van der Waals surface area contributed by atoms with Crippen LogP contribution in [-0.4, -0.2) is 22.8 Å². The molecule has 0 bridgehead atoms. The second-order valence-corrected chi connectivity index (χ2v) is 5.16. The summed E-state index contributed by atoms with van der Waals surface area (Å²) in [6.07, 6.45) is 2.23. The number of aromatic nitrogens is 1. The van der Waals surface area contributed by atoms with Crippen molar-refractivity contribution >= 4 is 17.5 Å². The zero-order chi connectivity index (χ0) is 13.7. The van der Waals surface area contributed by atoms with E-state index < -0.39 is 0 Å². The Morgan fingerprint density at radius 2 is 2.17 bits per heavy atom. The summed E-state index contributed by atoms with van der Waals surface area (Å²) in [4.78, 5) is 26.5. The van der Waals surface area contributed by atoms with Gasteiger partial charge in [-0.15, -0.1) is 11.6 Å². The van der Waals surface area contributed by atoms with Gasteiger partial charge in [0.25, 0.3) is 5.91 Å². The quantitative estimate of drug-likeness (QED) is 0.805. The molecule has 100 valence electrons. The van der Waals surface area contributed by atoms with Crippen molar-refractivity contribution in [2.24, 2.45) is 5.92 Å². The van der Waals surface area contributed by atoms with Crippen LogP contribution in [0.5, 0.6) is 0 Å². The normalized spacial score (nSPS) is 12.5. The number of hydrogen-bond acceptors (Lipinski definition) is 2. The van der Waals surface area contributed by atoms with Crippen LogP contribution in [0.4, 0.5) is 0 Å². The summed E-state index contributed by atoms with van der Waals surface area (Å²) in [5, 5.41) is 2.78. The summed E-state index contributed by atoms with van der Waals surface area (Å²) in [7, 11) is 0. The van der Waals surface area contributed by atoms with Crippen molar-refractivity contribution in [3.8, 4) is 0 Å². The van der Waals surface area contributed by atoms with E-state index in [1.54, 1.807) is 6.92 Å². The summed E-state index contributed by atoms with van der Waals surface area (Å²) in [5.41, 5.74) is 0.578. The minimum Gasteiger partial charge on any atom is -0.364 e. The van der Waals surface area contributed by atoms with Crippen LogP contribution in [0, 0.1) is 12.8 Å². The Morgan fingerprint density at radius 3 is 2.67 bits per heavy atom. The number of carbonyl (C=O) groups is 1. The summed E-state index contributed by atoms with van der Waals surface area (Å²) in [6, 6.07) is 1.30. The summed E-state index contributed by atoms with van der Waals surface area (Å²) >= 11 is 5.81. The molecule has 4 nitrogen and oxygen atoms in total. The maximum atomic E-state index is 11.9. The van der Waals surface area contributed by atoms with Crippen LogP contribution in [0.15, 0.2) is 17.1 Å². The van der Waals surface area contributed by atoms with Gasteiger partial charge in [-0.25, -0.2) is 0 Å². The Morgan fingerprint density at radius 1 is 1.50 bits per heavy atom. The molecular weight excluding hydrogens is 252 g/mol. The van der Waals surface area contributed by atoms with Crippen molar-refractivity contribution in [3.05, 3.63) is 33.7 Å². The molecule has 1 heterocycles. The third kappa shape index (κ3) is 4.18. The molecule has 0 aliphatic heterocycles. The number of carbonyl (C=O) groups excluding carboxylic acids is 1. The molecule has 1 aromatic heterocycles. The highest BCUT2D eigenvalue weighted by Crippen LogP contribution is 2.06. The Balaban J connectivity index is 2.78. The second-order valence-electron chi connectivity index (χ2n) is 4.85. The Bertz CT molecular complexity index is 468. The molecule has 0 aromatic carbocycles. The number of alkyl halides is 1. The SMILES string of the molecule is Cc1cc(=O)c(C(=O)NC(CCl)CC(C)C)c[nH]1. The van der Waals surface area contributed by atoms with Crippen LogP contribution >= 0.6 is 11.6 Å². The number of nitrogens with one attached hydrogen (secondary N) is 2. The fraction of sp³-hybridized carbons (Fsp3) is 0.538. The van der Waals surface area contributed by atoms with Crippen LogP contribution in [-0.2, 0) is 0 Å². The highest BCUT2D eigenvalue weighted by Gasteiger charge is 2.16. The lowest BCUT2D eigenvalue weighted by molar-refractivity contribution is 0.0935. The molecule has 0 aliphatic rings. The lowest BCUT2D eigenvalue weighted by Crippen LogP contribution is -2.39. The number of amides is 1. The molecule has 18 heavy (non-hydrogen) atoms. The van der Waals surface area contributed by atoms with E-state index in [0.717, 1.165) is 12.1 Å². The first kappa shape index (κ1) is 14.8. The Labute approximate surface area is 112 Å². The molecule has 0 aliphatic carbocycles. The maximum absolute atomic E-state index is 11.9. The molecule has 1 amide bonds. The predicted molar refractivity (Wildman–Crippen MR) is 73.2 cm³/mol.